The lowest BCUT2D eigenvalue weighted by Crippen LogP contribution is -2.30. The fraction of sp³-hybridized carbons (Fsp3) is 0.688. The van der Waals surface area contributed by atoms with E-state index in [2.05, 4.69) is 44.0 Å². The lowest BCUT2D eigenvalue weighted by Gasteiger charge is -2.26. The lowest BCUT2D eigenvalue weighted by atomic mass is 10.1. The molecule has 19 heavy (non-hydrogen) atoms. The molecule has 0 aliphatic carbocycles. The van der Waals surface area contributed by atoms with Gasteiger partial charge in [0.2, 0.25) is 0 Å². The molecular formula is C16H27N3. The van der Waals surface area contributed by atoms with E-state index in [1.807, 2.05) is 6.20 Å². The Kier molecular flexibility index (Phi) is 4.81. The highest BCUT2D eigenvalue weighted by Crippen LogP contribution is 2.28. The maximum absolute atomic E-state index is 4.72. The number of hydrogen-bond donors (Lipinski definition) is 1. The molecule has 3 nitrogen and oxygen atoms in total. The molecule has 0 bridgehead atoms. The fourth-order valence-corrected chi connectivity index (χ4v) is 2.88. The Labute approximate surface area is 117 Å². The number of hydrogen-bond acceptors (Lipinski definition) is 3. The summed E-state index contributed by atoms with van der Waals surface area (Å²) in [5, 5.41) is 3.44. The van der Waals surface area contributed by atoms with Gasteiger partial charge in [0.25, 0.3) is 0 Å². The minimum absolute atomic E-state index is 0.517. The highest BCUT2D eigenvalue weighted by atomic mass is 15.2. The number of pyridine rings is 1. The zero-order chi connectivity index (χ0) is 13.8. The van der Waals surface area contributed by atoms with Gasteiger partial charge in [-0.05, 0) is 43.4 Å². The molecule has 0 spiro atoms. The van der Waals surface area contributed by atoms with Crippen LogP contribution in [0, 0.1) is 6.92 Å². The van der Waals surface area contributed by atoms with Crippen molar-refractivity contribution in [2.24, 2.45) is 0 Å². The van der Waals surface area contributed by atoms with Gasteiger partial charge in [0.05, 0.1) is 0 Å². The van der Waals surface area contributed by atoms with E-state index in [0.29, 0.717) is 12.1 Å². The van der Waals surface area contributed by atoms with Crippen LogP contribution in [0.25, 0.3) is 0 Å². The fourth-order valence-electron chi connectivity index (χ4n) is 2.88. The van der Waals surface area contributed by atoms with E-state index < -0.39 is 0 Å². The van der Waals surface area contributed by atoms with Crippen molar-refractivity contribution < 1.29 is 0 Å². The molecule has 2 heterocycles. The third-order valence-corrected chi connectivity index (χ3v) is 3.94. The molecule has 1 N–H and O–H groups in total. The predicted molar refractivity (Wildman–Crippen MR) is 81.6 cm³/mol. The molecule has 106 valence electrons. The Morgan fingerprint density at radius 3 is 2.89 bits per heavy atom. The highest BCUT2D eigenvalue weighted by Gasteiger charge is 2.25. The van der Waals surface area contributed by atoms with Crippen molar-refractivity contribution in [3.63, 3.8) is 0 Å². The molecule has 1 saturated heterocycles. The van der Waals surface area contributed by atoms with Crippen LogP contribution in [0.5, 0.6) is 0 Å². The standard InChI is InChI=1S/C16H27N3/c1-5-15-7-6-8-19(15)16-13(4)9-14(11-18-16)10-17-12(2)3/h9,11-12,15,17H,5-8,10H2,1-4H3. The van der Waals surface area contributed by atoms with Crippen LogP contribution >= 0.6 is 0 Å². The number of nitrogens with zero attached hydrogens (tertiary/aromatic N) is 2. The maximum atomic E-state index is 4.72. The van der Waals surface area contributed by atoms with Crippen LogP contribution in [-0.2, 0) is 6.54 Å². The Hall–Kier alpha value is -1.09. The zero-order valence-corrected chi connectivity index (χ0v) is 12.7. The molecule has 1 fully saturated rings. The Morgan fingerprint density at radius 1 is 1.47 bits per heavy atom. The van der Waals surface area contributed by atoms with Crippen molar-refractivity contribution >= 4 is 5.82 Å². The second kappa shape index (κ2) is 6.38. The van der Waals surface area contributed by atoms with Crippen molar-refractivity contribution in [2.75, 3.05) is 11.4 Å². The van der Waals surface area contributed by atoms with Gasteiger partial charge in [-0.1, -0.05) is 20.8 Å². The van der Waals surface area contributed by atoms with Crippen LogP contribution in [0.4, 0.5) is 5.82 Å². The van der Waals surface area contributed by atoms with Gasteiger partial charge in [-0.3, -0.25) is 0 Å². The van der Waals surface area contributed by atoms with E-state index in [0.717, 1.165) is 13.1 Å². The number of rotatable bonds is 5. The van der Waals surface area contributed by atoms with Gasteiger partial charge in [0, 0.05) is 31.4 Å². The van der Waals surface area contributed by atoms with E-state index in [1.165, 1.54) is 36.2 Å². The van der Waals surface area contributed by atoms with Crippen LogP contribution < -0.4 is 10.2 Å². The Balaban J connectivity index is 2.10. The van der Waals surface area contributed by atoms with Gasteiger partial charge in [-0.25, -0.2) is 4.98 Å². The number of aromatic nitrogens is 1. The Bertz CT molecular complexity index is 414. The molecule has 0 aromatic carbocycles. The van der Waals surface area contributed by atoms with Gasteiger partial charge < -0.3 is 10.2 Å². The van der Waals surface area contributed by atoms with Crippen LogP contribution in [0.2, 0.25) is 0 Å². The van der Waals surface area contributed by atoms with Crippen LogP contribution in [-0.4, -0.2) is 23.6 Å². The maximum Gasteiger partial charge on any atom is 0.131 e. The smallest absolute Gasteiger partial charge is 0.131 e. The average Bonchev–Trinajstić information content (AvgIpc) is 2.84. The van der Waals surface area contributed by atoms with Gasteiger partial charge in [-0.2, -0.15) is 0 Å². The molecule has 1 unspecified atom stereocenters. The first-order chi connectivity index (χ1) is 9.11. The van der Waals surface area contributed by atoms with Gasteiger partial charge in [-0.15, -0.1) is 0 Å². The first-order valence-electron chi connectivity index (χ1n) is 7.57. The molecule has 0 amide bonds. The topological polar surface area (TPSA) is 28.2 Å². The highest BCUT2D eigenvalue weighted by molar-refractivity contribution is 5.49. The minimum Gasteiger partial charge on any atom is -0.353 e. The van der Waals surface area contributed by atoms with E-state index in [9.17, 15) is 0 Å². The summed E-state index contributed by atoms with van der Waals surface area (Å²) in [5.74, 6) is 1.19. The third kappa shape index (κ3) is 3.47. The van der Waals surface area contributed by atoms with Gasteiger partial charge in [0.15, 0.2) is 0 Å². The number of aryl methyl sites for hydroxylation is 1. The summed E-state index contributed by atoms with van der Waals surface area (Å²) in [6.07, 6.45) is 5.87. The van der Waals surface area contributed by atoms with E-state index >= 15 is 0 Å². The van der Waals surface area contributed by atoms with Crippen molar-refractivity contribution in [3.8, 4) is 0 Å². The summed E-state index contributed by atoms with van der Waals surface area (Å²) in [5.41, 5.74) is 2.59. The number of nitrogens with one attached hydrogen (secondary N) is 1. The van der Waals surface area contributed by atoms with Gasteiger partial charge in [0.1, 0.15) is 5.82 Å². The molecule has 0 saturated carbocycles. The molecule has 2 rings (SSSR count). The summed E-state index contributed by atoms with van der Waals surface area (Å²) in [6.45, 7) is 10.9. The molecule has 1 atom stereocenters. The van der Waals surface area contributed by atoms with Crippen LogP contribution in [0.15, 0.2) is 12.3 Å². The summed E-state index contributed by atoms with van der Waals surface area (Å²) in [4.78, 5) is 7.22. The first-order valence-corrected chi connectivity index (χ1v) is 7.57. The minimum atomic E-state index is 0.517. The normalized spacial score (nSPS) is 19.4. The van der Waals surface area contributed by atoms with Crippen molar-refractivity contribution in [1.82, 2.24) is 10.3 Å². The summed E-state index contributed by atoms with van der Waals surface area (Å²) >= 11 is 0. The van der Waals surface area contributed by atoms with Crippen LogP contribution in [0.1, 0.15) is 51.2 Å². The van der Waals surface area contributed by atoms with E-state index in [1.54, 1.807) is 0 Å². The van der Waals surface area contributed by atoms with E-state index in [-0.39, 0.29) is 0 Å². The third-order valence-electron chi connectivity index (χ3n) is 3.94. The lowest BCUT2D eigenvalue weighted by molar-refractivity contribution is 0.587. The predicted octanol–water partition coefficient (Wildman–Crippen LogP) is 3.27. The first kappa shape index (κ1) is 14.3. The number of anilines is 1. The zero-order valence-electron chi connectivity index (χ0n) is 12.7. The van der Waals surface area contributed by atoms with E-state index in [4.69, 9.17) is 4.98 Å². The second-order valence-corrected chi connectivity index (χ2v) is 5.92. The largest absolute Gasteiger partial charge is 0.353 e. The SMILES string of the molecule is CCC1CCCN1c1ncc(CNC(C)C)cc1C. The van der Waals surface area contributed by atoms with Crippen LogP contribution in [0.3, 0.4) is 0 Å². The van der Waals surface area contributed by atoms with Crippen molar-refractivity contribution in [2.45, 2.75) is 65.6 Å². The molecule has 1 aromatic rings. The summed E-state index contributed by atoms with van der Waals surface area (Å²) in [6, 6.07) is 3.48. The molecular weight excluding hydrogens is 234 g/mol. The monoisotopic (exact) mass is 261 g/mol. The Morgan fingerprint density at radius 2 is 2.26 bits per heavy atom. The molecule has 0 radical (unpaired) electrons. The summed E-state index contributed by atoms with van der Waals surface area (Å²) < 4.78 is 0. The summed E-state index contributed by atoms with van der Waals surface area (Å²) in [7, 11) is 0. The van der Waals surface area contributed by atoms with Crippen molar-refractivity contribution in [1.29, 1.82) is 0 Å². The average molecular weight is 261 g/mol. The quantitative estimate of drug-likeness (QED) is 0.881. The second-order valence-electron chi connectivity index (χ2n) is 5.92. The molecule has 1 aliphatic rings. The molecule has 3 heteroatoms. The molecule has 1 aromatic heterocycles. The van der Waals surface area contributed by atoms with Crippen molar-refractivity contribution in [3.05, 3.63) is 23.4 Å². The molecule has 1 aliphatic heterocycles. The van der Waals surface area contributed by atoms with Gasteiger partial charge >= 0.3 is 0 Å².